The highest BCUT2D eigenvalue weighted by molar-refractivity contribution is 5.65. The van der Waals surface area contributed by atoms with E-state index in [2.05, 4.69) is 6.92 Å². The van der Waals surface area contributed by atoms with E-state index in [1.165, 1.54) is 26.2 Å². The van der Waals surface area contributed by atoms with Crippen molar-refractivity contribution in [1.29, 1.82) is 0 Å². The van der Waals surface area contributed by atoms with Crippen LogP contribution in [-0.4, -0.2) is 38.0 Å². The van der Waals surface area contributed by atoms with Crippen molar-refractivity contribution in [3.8, 4) is 0 Å². The zero-order chi connectivity index (χ0) is 13.8. The van der Waals surface area contributed by atoms with Crippen LogP contribution in [0.1, 0.15) is 53.4 Å². The maximum absolute atomic E-state index is 10.6. The largest absolute Gasteiger partial charge is 0.463 e. The third-order valence-electron chi connectivity index (χ3n) is 2.54. The molecule has 0 heterocycles. The van der Waals surface area contributed by atoms with Gasteiger partial charge in [-0.3, -0.25) is 4.79 Å². The SMILES string of the molecule is CCCCCCOC(C)COC(C)COC(C)=O. The van der Waals surface area contributed by atoms with Crippen molar-refractivity contribution in [3.05, 3.63) is 0 Å². The Kier molecular flexibility index (Phi) is 11.1. The molecule has 108 valence electrons. The molecule has 0 spiro atoms. The van der Waals surface area contributed by atoms with Gasteiger partial charge in [0, 0.05) is 13.5 Å². The Bertz CT molecular complexity index is 206. The van der Waals surface area contributed by atoms with Crippen LogP contribution in [0.5, 0.6) is 0 Å². The number of hydrogen-bond donors (Lipinski definition) is 0. The van der Waals surface area contributed by atoms with Crippen LogP contribution < -0.4 is 0 Å². The smallest absolute Gasteiger partial charge is 0.302 e. The molecule has 0 radical (unpaired) electrons. The summed E-state index contributed by atoms with van der Waals surface area (Å²) in [4.78, 5) is 10.6. The van der Waals surface area contributed by atoms with E-state index in [0.29, 0.717) is 13.2 Å². The predicted octanol–water partition coefficient (Wildman–Crippen LogP) is 2.94. The lowest BCUT2D eigenvalue weighted by Gasteiger charge is -2.17. The molecule has 0 rings (SSSR count). The first kappa shape index (κ1) is 17.4. The minimum atomic E-state index is -0.273. The van der Waals surface area contributed by atoms with Gasteiger partial charge in [0.1, 0.15) is 6.61 Å². The molecule has 0 aliphatic rings. The average molecular weight is 260 g/mol. The monoisotopic (exact) mass is 260 g/mol. The van der Waals surface area contributed by atoms with Crippen molar-refractivity contribution in [2.24, 2.45) is 0 Å². The van der Waals surface area contributed by atoms with Crippen molar-refractivity contribution in [1.82, 2.24) is 0 Å². The molecule has 4 nitrogen and oxygen atoms in total. The molecule has 0 aromatic heterocycles. The zero-order valence-corrected chi connectivity index (χ0v) is 12.2. The molecular formula is C14H28O4. The van der Waals surface area contributed by atoms with E-state index in [9.17, 15) is 4.79 Å². The summed E-state index contributed by atoms with van der Waals surface area (Å²) in [6, 6.07) is 0. The Morgan fingerprint density at radius 1 is 1.00 bits per heavy atom. The molecule has 0 saturated carbocycles. The van der Waals surface area contributed by atoms with Gasteiger partial charge in [0.05, 0.1) is 18.8 Å². The Balaban J connectivity index is 3.39. The first-order chi connectivity index (χ1) is 8.56. The molecule has 0 bridgehead atoms. The second kappa shape index (κ2) is 11.5. The molecule has 0 saturated heterocycles. The van der Waals surface area contributed by atoms with Crippen molar-refractivity contribution < 1.29 is 19.0 Å². The summed E-state index contributed by atoms with van der Waals surface area (Å²) in [7, 11) is 0. The molecule has 0 aliphatic heterocycles. The maximum atomic E-state index is 10.6. The van der Waals surface area contributed by atoms with Gasteiger partial charge in [-0.15, -0.1) is 0 Å². The number of unbranched alkanes of at least 4 members (excludes halogenated alkanes) is 3. The Labute approximate surface area is 111 Å². The first-order valence-electron chi connectivity index (χ1n) is 6.92. The molecule has 2 atom stereocenters. The van der Waals surface area contributed by atoms with Crippen molar-refractivity contribution in [2.45, 2.75) is 65.6 Å². The second-order valence-electron chi connectivity index (χ2n) is 4.69. The van der Waals surface area contributed by atoms with Crippen molar-refractivity contribution >= 4 is 5.97 Å². The van der Waals surface area contributed by atoms with E-state index in [-0.39, 0.29) is 18.2 Å². The first-order valence-corrected chi connectivity index (χ1v) is 6.92. The van der Waals surface area contributed by atoms with Gasteiger partial charge in [0.2, 0.25) is 0 Å². The molecule has 0 aliphatic carbocycles. The Morgan fingerprint density at radius 2 is 1.67 bits per heavy atom. The van der Waals surface area contributed by atoms with Gasteiger partial charge in [0.15, 0.2) is 0 Å². The molecule has 0 amide bonds. The number of ether oxygens (including phenoxy) is 3. The lowest BCUT2D eigenvalue weighted by molar-refractivity contribution is -0.145. The van der Waals surface area contributed by atoms with Crippen LogP contribution in [0.15, 0.2) is 0 Å². The third kappa shape index (κ3) is 11.9. The summed E-state index contributed by atoms with van der Waals surface area (Å²) >= 11 is 0. The Morgan fingerprint density at radius 3 is 2.28 bits per heavy atom. The van der Waals surface area contributed by atoms with Crippen LogP contribution in [0.3, 0.4) is 0 Å². The van der Waals surface area contributed by atoms with Crippen molar-refractivity contribution in [3.63, 3.8) is 0 Å². The highest BCUT2D eigenvalue weighted by Crippen LogP contribution is 2.02. The molecule has 2 unspecified atom stereocenters. The van der Waals surface area contributed by atoms with Crippen LogP contribution >= 0.6 is 0 Å². The molecule has 0 N–H and O–H groups in total. The minimum absolute atomic E-state index is 0.0833. The predicted molar refractivity (Wildman–Crippen MR) is 71.6 cm³/mol. The van der Waals surface area contributed by atoms with E-state index in [1.807, 2.05) is 13.8 Å². The van der Waals surface area contributed by atoms with Gasteiger partial charge in [-0.1, -0.05) is 26.2 Å². The number of carbonyl (C=O) groups is 1. The molecule has 0 fully saturated rings. The van der Waals surface area contributed by atoms with Gasteiger partial charge < -0.3 is 14.2 Å². The normalized spacial score (nSPS) is 14.2. The highest BCUT2D eigenvalue weighted by Gasteiger charge is 2.08. The maximum Gasteiger partial charge on any atom is 0.302 e. The van der Waals surface area contributed by atoms with Gasteiger partial charge in [-0.2, -0.15) is 0 Å². The fourth-order valence-electron chi connectivity index (χ4n) is 1.44. The van der Waals surface area contributed by atoms with E-state index in [4.69, 9.17) is 14.2 Å². The van der Waals surface area contributed by atoms with Gasteiger partial charge in [0.25, 0.3) is 0 Å². The standard InChI is InChI=1S/C14H28O4/c1-5-6-7-8-9-16-12(2)10-17-13(3)11-18-14(4)15/h12-13H,5-11H2,1-4H3. The van der Waals surface area contributed by atoms with Crippen LogP contribution in [0.25, 0.3) is 0 Å². The van der Waals surface area contributed by atoms with Crippen molar-refractivity contribution in [2.75, 3.05) is 19.8 Å². The topological polar surface area (TPSA) is 44.8 Å². The number of esters is 1. The fourth-order valence-corrected chi connectivity index (χ4v) is 1.44. The van der Waals surface area contributed by atoms with Crippen LogP contribution in [-0.2, 0) is 19.0 Å². The minimum Gasteiger partial charge on any atom is -0.463 e. The van der Waals surface area contributed by atoms with Gasteiger partial charge in [-0.05, 0) is 20.3 Å². The van der Waals surface area contributed by atoms with E-state index >= 15 is 0 Å². The lowest BCUT2D eigenvalue weighted by Crippen LogP contribution is -2.24. The van der Waals surface area contributed by atoms with Crippen LogP contribution in [0.2, 0.25) is 0 Å². The van der Waals surface area contributed by atoms with E-state index in [0.717, 1.165) is 13.0 Å². The van der Waals surface area contributed by atoms with Crippen LogP contribution in [0, 0.1) is 0 Å². The van der Waals surface area contributed by atoms with Gasteiger partial charge >= 0.3 is 5.97 Å². The quantitative estimate of drug-likeness (QED) is 0.423. The second-order valence-corrected chi connectivity index (χ2v) is 4.69. The Hall–Kier alpha value is -0.610. The molecule has 0 aromatic carbocycles. The molecule has 4 heteroatoms. The summed E-state index contributed by atoms with van der Waals surface area (Å²) in [5, 5.41) is 0. The fraction of sp³-hybridized carbons (Fsp3) is 0.929. The van der Waals surface area contributed by atoms with Gasteiger partial charge in [-0.25, -0.2) is 0 Å². The number of hydrogen-bond acceptors (Lipinski definition) is 4. The summed E-state index contributed by atoms with van der Waals surface area (Å²) in [6.07, 6.45) is 4.86. The third-order valence-corrected chi connectivity index (χ3v) is 2.54. The highest BCUT2D eigenvalue weighted by atomic mass is 16.6. The zero-order valence-electron chi connectivity index (χ0n) is 12.2. The molecule has 0 aromatic rings. The lowest BCUT2D eigenvalue weighted by atomic mass is 10.2. The van der Waals surface area contributed by atoms with E-state index < -0.39 is 0 Å². The molecule has 18 heavy (non-hydrogen) atoms. The molecular weight excluding hydrogens is 232 g/mol. The van der Waals surface area contributed by atoms with Crippen LogP contribution in [0.4, 0.5) is 0 Å². The van der Waals surface area contributed by atoms with E-state index in [1.54, 1.807) is 0 Å². The summed E-state index contributed by atoms with van der Waals surface area (Å²) in [5.41, 5.74) is 0. The summed E-state index contributed by atoms with van der Waals surface area (Å²) in [6.45, 7) is 9.11. The number of rotatable bonds is 11. The summed E-state index contributed by atoms with van der Waals surface area (Å²) < 4.78 is 16.0. The number of carbonyl (C=O) groups excluding carboxylic acids is 1. The summed E-state index contributed by atoms with van der Waals surface area (Å²) in [5.74, 6) is -0.273. The average Bonchev–Trinajstić information content (AvgIpc) is 2.33.